The number of methoxy groups -OCH3 is 1. The number of likely N-dealkylation sites (N-methyl/N-ethyl adjacent to an activating group) is 1. The van der Waals surface area contributed by atoms with Gasteiger partial charge >= 0.3 is 5.97 Å². The van der Waals surface area contributed by atoms with E-state index >= 15 is 0 Å². The van der Waals surface area contributed by atoms with Crippen LogP contribution in [0.5, 0.6) is 5.75 Å². The van der Waals surface area contributed by atoms with Crippen LogP contribution in [-0.2, 0) is 11.2 Å². The van der Waals surface area contributed by atoms with Gasteiger partial charge in [-0.05, 0) is 69.1 Å². The minimum atomic E-state index is -0.240. The number of hydrogen-bond donors (Lipinski definition) is 0. The van der Waals surface area contributed by atoms with Gasteiger partial charge in [0.15, 0.2) is 0 Å². The lowest BCUT2D eigenvalue weighted by Gasteiger charge is -2.28. The predicted octanol–water partition coefficient (Wildman–Crippen LogP) is 4.59. The highest BCUT2D eigenvalue weighted by atomic mass is 16.5. The normalized spacial score (nSPS) is 12.0. The lowest BCUT2D eigenvalue weighted by atomic mass is 10.1. The van der Waals surface area contributed by atoms with Crippen molar-refractivity contribution in [3.63, 3.8) is 0 Å². The molecule has 0 N–H and O–H groups in total. The van der Waals surface area contributed by atoms with Gasteiger partial charge in [-0.3, -0.25) is 0 Å². The first-order chi connectivity index (χ1) is 13.1. The number of nitrogens with zero attached hydrogens (tertiary/aromatic N) is 1. The minimum Gasteiger partial charge on any atom is -0.497 e. The molecule has 0 aliphatic heterocycles. The van der Waals surface area contributed by atoms with E-state index in [1.807, 2.05) is 30.3 Å². The zero-order valence-electron chi connectivity index (χ0n) is 16.7. The number of benzene rings is 2. The van der Waals surface area contributed by atoms with Crippen molar-refractivity contribution in [3.8, 4) is 5.75 Å². The maximum absolute atomic E-state index is 11.9. The third-order valence-corrected chi connectivity index (χ3v) is 4.80. The van der Waals surface area contributed by atoms with E-state index in [2.05, 4.69) is 30.9 Å². The Morgan fingerprint density at radius 2 is 1.74 bits per heavy atom. The van der Waals surface area contributed by atoms with Gasteiger partial charge in [0.1, 0.15) is 5.75 Å². The smallest absolute Gasteiger partial charge is 0.338 e. The van der Waals surface area contributed by atoms with Gasteiger partial charge in [-0.1, -0.05) is 37.3 Å². The van der Waals surface area contributed by atoms with Crippen LogP contribution in [0.15, 0.2) is 54.6 Å². The second-order valence-electron chi connectivity index (χ2n) is 6.74. The van der Waals surface area contributed by atoms with Crippen LogP contribution in [-0.4, -0.2) is 43.7 Å². The van der Waals surface area contributed by atoms with E-state index in [0.29, 0.717) is 18.2 Å². The van der Waals surface area contributed by atoms with Gasteiger partial charge in [0.05, 0.1) is 19.3 Å². The van der Waals surface area contributed by atoms with Crippen molar-refractivity contribution in [3.05, 3.63) is 65.7 Å². The van der Waals surface area contributed by atoms with Crippen molar-refractivity contribution in [2.45, 2.75) is 39.2 Å². The number of esters is 1. The summed E-state index contributed by atoms with van der Waals surface area (Å²) in [6.45, 7) is 6.96. The molecule has 2 aromatic rings. The number of hydrogen-bond acceptors (Lipinski definition) is 4. The number of rotatable bonds is 11. The molecule has 4 nitrogen and oxygen atoms in total. The van der Waals surface area contributed by atoms with Crippen LogP contribution in [0.3, 0.4) is 0 Å². The molecule has 0 saturated carbocycles. The highest BCUT2D eigenvalue weighted by molar-refractivity contribution is 5.89. The van der Waals surface area contributed by atoms with Crippen molar-refractivity contribution < 1.29 is 14.3 Å². The molecule has 0 aliphatic carbocycles. The van der Waals surface area contributed by atoms with E-state index in [1.165, 1.54) is 5.56 Å². The van der Waals surface area contributed by atoms with Crippen molar-refractivity contribution in [2.24, 2.45) is 0 Å². The zero-order chi connectivity index (χ0) is 19.5. The van der Waals surface area contributed by atoms with Gasteiger partial charge in [0.2, 0.25) is 0 Å². The van der Waals surface area contributed by atoms with Gasteiger partial charge in [0.25, 0.3) is 0 Å². The van der Waals surface area contributed by atoms with E-state index in [1.54, 1.807) is 19.2 Å². The largest absolute Gasteiger partial charge is 0.497 e. The lowest BCUT2D eigenvalue weighted by molar-refractivity contribution is 0.0493. The van der Waals surface area contributed by atoms with Crippen LogP contribution in [0, 0.1) is 0 Å². The molecule has 0 heterocycles. The summed E-state index contributed by atoms with van der Waals surface area (Å²) < 4.78 is 10.6. The first-order valence-electron chi connectivity index (χ1n) is 9.73. The number of carbonyl (C=O) groups is 1. The van der Waals surface area contributed by atoms with Gasteiger partial charge in [-0.2, -0.15) is 0 Å². The summed E-state index contributed by atoms with van der Waals surface area (Å²) >= 11 is 0. The molecule has 2 rings (SSSR count). The molecule has 4 heteroatoms. The monoisotopic (exact) mass is 369 g/mol. The molecule has 0 radical (unpaired) electrons. The molecule has 0 amide bonds. The van der Waals surface area contributed by atoms with Crippen molar-refractivity contribution in [1.82, 2.24) is 4.90 Å². The van der Waals surface area contributed by atoms with Crippen LogP contribution in [0.4, 0.5) is 0 Å². The topological polar surface area (TPSA) is 38.8 Å². The Labute approximate surface area is 163 Å². The first-order valence-corrected chi connectivity index (χ1v) is 9.73. The third kappa shape index (κ3) is 7.06. The molecule has 0 aromatic heterocycles. The predicted molar refractivity (Wildman–Crippen MR) is 109 cm³/mol. The minimum absolute atomic E-state index is 0.240. The fourth-order valence-electron chi connectivity index (χ4n) is 3.16. The Hall–Kier alpha value is -2.33. The Bertz CT molecular complexity index is 670. The quantitative estimate of drug-likeness (QED) is 0.429. The highest BCUT2D eigenvalue weighted by Crippen LogP contribution is 2.15. The molecule has 0 aliphatic rings. The van der Waals surface area contributed by atoms with E-state index < -0.39 is 0 Å². The third-order valence-electron chi connectivity index (χ3n) is 4.80. The van der Waals surface area contributed by atoms with Crippen LogP contribution >= 0.6 is 0 Å². The van der Waals surface area contributed by atoms with Crippen LogP contribution in [0.2, 0.25) is 0 Å². The molecule has 1 atom stereocenters. The highest BCUT2D eigenvalue weighted by Gasteiger charge is 2.13. The fraction of sp³-hybridized carbons (Fsp3) is 0.435. The molecule has 0 bridgehead atoms. The summed E-state index contributed by atoms with van der Waals surface area (Å²) in [5.74, 6) is 0.652. The first kappa shape index (κ1) is 21.0. The van der Waals surface area contributed by atoms with Crippen LogP contribution in [0.1, 0.15) is 42.6 Å². The summed E-state index contributed by atoms with van der Waals surface area (Å²) in [5, 5.41) is 0. The fourth-order valence-corrected chi connectivity index (χ4v) is 3.16. The molecular weight excluding hydrogens is 338 g/mol. The maximum atomic E-state index is 11.9. The molecule has 2 aromatic carbocycles. The summed E-state index contributed by atoms with van der Waals surface area (Å²) in [6.07, 6.45) is 2.91. The number of carbonyl (C=O) groups excluding carboxylic acids is 1. The van der Waals surface area contributed by atoms with Gasteiger partial charge < -0.3 is 14.4 Å². The van der Waals surface area contributed by atoms with E-state index in [-0.39, 0.29) is 5.97 Å². The summed E-state index contributed by atoms with van der Waals surface area (Å²) in [4.78, 5) is 14.4. The van der Waals surface area contributed by atoms with Gasteiger partial charge in [-0.15, -0.1) is 0 Å². The molecule has 146 valence electrons. The van der Waals surface area contributed by atoms with Crippen molar-refractivity contribution in [1.29, 1.82) is 0 Å². The standard InChI is InChI=1S/C23H31NO3/c1-4-24(19(2)18-20-12-14-22(26-3)15-13-20)16-8-9-17-27-23(25)21-10-6-5-7-11-21/h5-7,10-15,19H,4,8-9,16-18H2,1-3H3. The average molecular weight is 370 g/mol. The Balaban J connectivity index is 1.68. The second-order valence-corrected chi connectivity index (χ2v) is 6.74. The Morgan fingerprint density at radius 1 is 1.04 bits per heavy atom. The summed E-state index contributed by atoms with van der Waals surface area (Å²) in [7, 11) is 1.69. The SMILES string of the molecule is CCN(CCCCOC(=O)c1ccccc1)C(C)Cc1ccc(OC)cc1. The van der Waals surface area contributed by atoms with Crippen LogP contribution in [0.25, 0.3) is 0 Å². The maximum Gasteiger partial charge on any atom is 0.338 e. The average Bonchev–Trinajstić information content (AvgIpc) is 2.71. The zero-order valence-corrected chi connectivity index (χ0v) is 16.7. The molecule has 0 saturated heterocycles. The number of unbranched alkanes of at least 4 members (excludes halogenated alkanes) is 1. The molecule has 0 spiro atoms. The van der Waals surface area contributed by atoms with E-state index in [9.17, 15) is 4.79 Å². The number of ether oxygens (including phenoxy) is 2. The van der Waals surface area contributed by atoms with Gasteiger partial charge in [-0.25, -0.2) is 4.79 Å². The van der Waals surface area contributed by atoms with E-state index in [0.717, 1.165) is 38.1 Å². The Morgan fingerprint density at radius 3 is 2.37 bits per heavy atom. The van der Waals surface area contributed by atoms with E-state index in [4.69, 9.17) is 9.47 Å². The molecule has 0 fully saturated rings. The lowest BCUT2D eigenvalue weighted by Crippen LogP contribution is -2.35. The second kappa shape index (κ2) is 11.4. The molecule has 1 unspecified atom stereocenters. The molecular formula is C23H31NO3. The molecule has 27 heavy (non-hydrogen) atoms. The van der Waals surface area contributed by atoms with Gasteiger partial charge in [0, 0.05) is 6.04 Å². The van der Waals surface area contributed by atoms with Crippen LogP contribution < -0.4 is 4.74 Å². The van der Waals surface area contributed by atoms with Crippen molar-refractivity contribution in [2.75, 3.05) is 26.8 Å². The van der Waals surface area contributed by atoms with Crippen molar-refractivity contribution >= 4 is 5.97 Å². The Kier molecular flexibility index (Phi) is 8.85. The summed E-state index contributed by atoms with van der Waals surface area (Å²) in [6, 6.07) is 17.9. The summed E-state index contributed by atoms with van der Waals surface area (Å²) in [5.41, 5.74) is 1.93.